The zero-order valence-corrected chi connectivity index (χ0v) is 87.7. The number of rotatable bonds is 15. The van der Waals surface area contributed by atoms with E-state index in [1.165, 1.54) is 118 Å². The second-order valence-corrected chi connectivity index (χ2v) is 43.1. The predicted molar refractivity (Wildman–Crippen MR) is 580 cm³/mol. The number of benzene rings is 5. The van der Waals surface area contributed by atoms with Gasteiger partial charge in [0.05, 0.1) is 32.2 Å². The van der Waals surface area contributed by atoms with Crippen molar-refractivity contribution in [2.75, 3.05) is 47.4 Å². The molecule has 0 saturated carbocycles. The summed E-state index contributed by atoms with van der Waals surface area (Å²) in [5.41, 5.74) is 36.5. The quantitative estimate of drug-likeness (QED) is 0.0709. The maximum atomic E-state index is 6.39. The van der Waals surface area contributed by atoms with E-state index in [1.807, 2.05) is 26.8 Å². The summed E-state index contributed by atoms with van der Waals surface area (Å²) in [4.78, 5) is 30.3. The third-order valence-corrected chi connectivity index (χ3v) is 30.0. The van der Waals surface area contributed by atoms with E-state index in [0.29, 0.717) is 64.1 Å². The summed E-state index contributed by atoms with van der Waals surface area (Å²) in [7, 11) is 15.0. The van der Waals surface area contributed by atoms with E-state index in [9.17, 15) is 0 Å². The molecule has 1 fully saturated rings. The maximum Gasteiger partial charge on any atom is 0.426 e. The van der Waals surface area contributed by atoms with Crippen molar-refractivity contribution in [2.45, 2.75) is 220 Å². The Morgan fingerprint density at radius 3 is 1.04 bits per heavy atom. The fraction of sp³-hybridized carbons (Fsp3) is 0.353. The molecule has 5 aromatic carbocycles. The Hall–Kier alpha value is -13.1. The highest BCUT2D eigenvalue weighted by Crippen LogP contribution is 2.51. The van der Waals surface area contributed by atoms with Crippen molar-refractivity contribution in [1.29, 1.82) is 0 Å². The van der Waals surface area contributed by atoms with E-state index in [4.69, 9.17) is 17.7 Å². The molecule has 19 nitrogen and oxygen atoms in total. The van der Waals surface area contributed by atoms with Crippen molar-refractivity contribution < 1.29 is 31.4 Å². The van der Waals surface area contributed by atoms with Gasteiger partial charge in [-0.2, -0.15) is 0 Å². The number of aromatic nitrogens is 10. The maximum absolute atomic E-state index is 6.39. The average Bonchev–Trinajstić information content (AvgIpc) is 1.62. The first kappa shape index (κ1) is 96.2. The molecule has 0 radical (unpaired) electrons. The number of aryl methyl sites for hydroxylation is 6. The second-order valence-electron chi connectivity index (χ2n) is 43.1. The molecule has 0 spiro atoms. The van der Waals surface area contributed by atoms with Gasteiger partial charge in [-0.1, -0.05) is 216 Å². The number of imidazole rings is 3. The molecule has 139 heavy (non-hydrogen) atoms. The van der Waals surface area contributed by atoms with E-state index in [0.717, 1.165) is 90.1 Å². The molecule has 16 heterocycles. The molecule has 16 aromatic rings. The molecule has 5 aliphatic rings. The zero-order valence-electron chi connectivity index (χ0n) is 87.7. The van der Waals surface area contributed by atoms with E-state index in [1.54, 1.807) is 6.20 Å². The topological polar surface area (TPSA) is 147 Å². The molecule has 11 aromatic heterocycles. The molecule has 0 aliphatic carbocycles. The lowest BCUT2D eigenvalue weighted by Crippen LogP contribution is -2.63. The number of hydrogen-bond acceptors (Lipinski definition) is 13. The molecule has 0 bridgehead atoms. The van der Waals surface area contributed by atoms with Crippen LogP contribution in [0.4, 0.5) is 23.3 Å². The molecule has 1 saturated heterocycles. The lowest BCUT2D eigenvalue weighted by molar-refractivity contribution is -0.653. The Labute approximate surface area is 824 Å². The lowest BCUT2D eigenvalue weighted by atomic mass is 9.51. The third kappa shape index (κ3) is 17.1. The minimum atomic E-state index is 0.00276. The molecule has 710 valence electrons. The van der Waals surface area contributed by atoms with Crippen molar-refractivity contribution in [3.63, 3.8) is 0 Å². The van der Waals surface area contributed by atoms with E-state index in [2.05, 4.69) is 473 Å². The van der Waals surface area contributed by atoms with Crippen LogP contribution in [0.25, 0.3) is 108 Å². The average molecular weight is 1850 g/mol. The number of fused-ring (bicyclic) bond motifs is 12. The van der Waals surface area contributed by atoms with Gasteiger partial charge in [0, 0.05) is 101 Å². The predicted octanol–water partition coefficient (Wildman–Crippen LogP) is 23.8. The first-order valence-corrected chi connectivity index (χ1v) is 49.9. The second kappa shape index (κ2) is 37.2. The summed E-state index contributed by atoms with van der Waals surface area (Å²) >= 11 is 0. The van der Waals surface area contributed by atoms with Crippen LogP contribution < -0.4 is 50.1 Å². The first-order chi connectivity index (χ1) is 66.1. The van der Waals surface area contributed by atoms with E-state index < -0.39 is 0 Å². The summed E-state index contributed by atoms with van der Waals surface area (Å²) in [5, 5.41) is 4.28. The van der Waals surface area contributed by atoms with Crippen molar-refractivity contribution in [2.24, 2.45) is 26.6 Å². The van der Waals surface area contributed by atoms with Gasteiger partial charge in [-0.05, 0) is 246 Å². The highest BCUT2D eigenvalue weighted by atomic mass is 16.4. The van der Waals surface area contributed by atoms with Gasteiger partial charge >= 0.3 is 27.5 Å². The Balaban J connectivity index is 0.000000125. The van der Waals surface area contributed by atoms with Crippen LogP contribution in [0.1, 0.15) is 260 Å². The van der Waals surface area contributed by atoms with Gasteiger partial charge in [0.15, 0.2) is 23.4 Å². The molecule has 5 aliphatic heterocycles. The number of pyridine rings is 4. The molecular weight excluding hydrogens is 1710 g/mol. The summed E-state index contributed by atoms with van der Waals surface area (Å²) < 4.78 is 39.1. The van der Waals surface area contributed by atoms with Crippen LogP contribution in [0.15, 0.2) is 235 Å². The van der Waals surface area contributed by atoms with E-state index >= 15 is 0 Å². The smallest absolute Gasteiger partial charge is 0.426 e. The normalized spacial score (nSPS) is 15.7. The van der Waals surface area contributed by atoms with E-state index in [-0.39, 0.29) is 33.1 Å². The van der Waals surface area contributed by atoms with Crippen molar-refractivity contribution in [3.05, 3.63) is 290 Å². The van der Waals surface area contributed by atoms with Crippen LogP contribution in [-0.2, 0) is 21.1 Å². The standard InChI is InChI=1S/2C34H38BN4O.C28H34BN4O.C20H28BN3O/c2*1-21(2)28-19-26(25-12-10-9-11-13-25)20-29(22(3)4)31(28)39-17-16-37(7)34(39)35-23(5)18-30-27-15-14-24(6)36-32(27)40-33(30)38(35)8;1-17(2)21-10-9-11-22(18(3)4)25(21)33-15-14-31(7)28(33)29-19(5)16-24-23-13-12-20(6)30-26(23)34-27(24)32(29)8;1-13-11-16-17(15-9-8-10-22-18(15)25-16)23(7)21(13)24-14(2)19(3,4)12-20(24,5)6/h2*9-22H,1-8H3;9-18H,1-8H3;8-11,14H,12H2,1-7H3/q3*+1;/t;;;14-/m...0/s1. The van der Waals surface area contributed by atoms with Gasteiger partial charge in [0.1, 0.15) is 54.2 Å². The van der Waals surface area contributed by atoms with Crippen molar-refractivity contribution in [3.8, 4) is 39.3 Å². The monoisotopic (exact) mass is 1850 g/mol. The zero-order chi connectivity index (χ0) is 99.0. The Bertz CT molecular complexity index is 7200. The SMILES string of the molecule is CC1=Cc2c(oc3nc(C)ccc23)N(C)B1c1n(-c2c(C(C)C)cc(-c3ccccc3)cc2C(C)C)cc[n+]1C.CC1=Cc2c(oc3nc(C)ccc23)N(C)B1c1n(-c2c(C(C)C)cc(-c3ccccc3)cc2C(C)C)cc[n+]1C.CC1=Cc2c(oc3nc(C)ccc23)N(C)B1c1n(-c2c(C(C)C)cccc2C(C)C)cc[n+]1C.CC1=Cc2oc3ncccc3c2N(C)B1N1[C@@H](C)C(C)(C)CC1(C)C. The van der Waals surface area contributed by atoms with Crippen LogP contribution in [0.2, 0.25) is 0 Å². The van der Waals surface area contributed by atoms with Crippen LogP contribution in [0.3, 0.4) is 0 Å². The van der Waals surface area contributed by atoms with Gasteiger partial charge < -0.3 is 41.7 Å². The number of hydrogen-bond donors (Lipinski definition) is 0. The first-order valence-electron chi connectivity index (χ1n) is 49.9. The Kier molecular flexibility index (Phi) is 25.7. The fourth-order valence-corrected chi connectivity index (χ4v) is 23.1. The molecule has 1 atom stereocenters. The van der Waals surface area contributed by atoms with Gasteiger partial charge in [0.2, 0.25) is 40.0 Å². The number of furan rings is 4. The lowest BCUT2D eigenvalue weighted by Gasteiger charge is -2.45. The minimum Gasteiger partial charge on any atom is -0.436 e. The largest absolute Gasteiger partial charge is 0.436 e. The number of anilines is 4. The van der Waals surface area contributed by atoms with Gasteiger partial charge in [-0.3, -0.25) is 0 Å². The summed E-state index contributed by atoms with van der Waals surface area (Å²) in [6, 6.07) is 54.9. The van der Waals surface area contributed by atoms with Gasteiger partial charge in [-0.25, -0.2) is 47.3 Å². The van der Waals surface area contributed by atoms with Crippen LogP contribution in [-0.4, -0.2) is 106 Å². The number of para-hydroxylation sites is 1. The van der Waals surface area contributed by atoms with Crippen LogP contribution >= 0.6 is 0 Å². The molecule has 21 rings (SSSR count). The summed E-state index contributed by atoms with van der Waals surface area (Å²) in [6.07, 6.45) is 25.2. The van der Waals surface area contributed by atoms with Gasteiger partial charge in [-0.15, -0.1) is 0 Å². The minimum absolute atomic E-state index is 0.00276. The Morgan fingerprint density at radius 2 is 0.705 bits per heavy atom. The summed E-state index contributed by atoms with van der Waals surface area (Å²) in [5.74, 6) is 5.79. The molecule has 0 unspecified atom stereocenters. The molecule has 23 heteroatoms. The van der Waals surface area contributed by atoms with Crippen LogP contribution in [0, 0.1) is 26.2 Å². The fourth-order valence-electron chi connectivity index (χ4n) is 23.1. The third-order valence-electron chi connectivity index (χ3n) is 30.0. The van der Waals surface area contributed by atoms with Crippen molar-refractivity contribution in [1.82, 2.24) is 38.4 Å². The highest BCUT2D eigenvalue weighted by molar-refractivity contribution is 6.83. The number of allylic oxidation sites excluding steroid dienone is 4. The molecule has 0 N–H and O–H groups in total. The van der Waals surface area contributed by atoms with Crippen LogP contribution in [0.5, 0.6) is 0 Å². The number of nitrogens with zero attached hydrogens (tertiary/aromatic N) is 15. The van der Waals surface area contributed by atoms with Gasteiger partial charge in [0.25, 0.3) is 0 Å². The Morgan fingerprint density at radius 1 is 0.360 bits per heavy atom. The molecular formula is C116H138B4N15O4+3. The highest BCUT2D eigenvalue weighted by Gasteiger charge is 2.56. The molecule has 0 amide bonds. The summed E-state index contributed by atoms with van der Waals surface area (Å²) in [6.45, 7) is 54.6. The van der Waals surface area contributed by atoms with Crippen molar-refractivity contribution >= 4 is 137 Å².